The number of ether oxygens (including phenoxy) is 1. The lowest BCUT2D eigenvalue weighted by atomic mass is 10.2. The molecule has 1 N–H and O–H groups in total. The molecule has 1 unspecified atom stereocenters. The first-order valence-electron chi connectivity index (χ1n) is 7.25. The van der Waals surface area contributed by atoms with Gasteiger partial charge in [-0.1, -0.05) is 72.2 Å². The normalized spacial score (nSPS) is 10.9. The molecule has 6 heteroatoms. The molecule has 5 nitrogen and oxygen atoms in total. The number of nitrogens with one attached hydrogen (secondary N) is 1. The predicted octanol–water partition coefficient (Wildman–Crippen LogP) is 6.51. The zero-order valence-electron chi connectivity index (χ0n) is 13.6. The van der Waals surface area contributed by atoms with E-state index in [4.69, 9.17) is 13.8 Å². The Morgan fingerprint density at radius 3 is 1.81 bits per heavy atom. The van der Waals surface area contributed by atoms with Crippen LogP contribution in [0.1, 0.15) is 46.6 Å². The third-order valence-electron chi connectivity index (χ3n) is 3.60. The summed E-state index contributed by atoms with van der Waals surface area (Å²) in [6.07, 6.45) is 0. The second-order valence-corrected chi connectivity index (χ2v) is 7.27. The van der Waals surface area contributed by atoms with Crippen LogP contribution in [0.15, 0.2) is 54.6 Å². The van der Waals surface area contributed by atoms with Crippen molar-refractivity contribution in [3.8, 4) is 5.75 Å². The van der Waals surface area contributed by atoms with Crippen molar-refractivity contribution in [1.82, 2.24) is 5.32 Å². The highest BCUT2D eigenvalue weighted by atomic mass is 31.2. The van der Waals surface area contributed by atoms with E-state index in [9.17, 15) is 4.57 Å². The van der Waals surface area contributed by atoms with Gasteiger partial charge in [0, 0.05) is 20.8 Å². The minimum absolute atomic E-state index is 0. The van der Waals surface area contributed by atoms with Gasteiger partial charge < -0.3 is 13.8 Å². The molecule has 0 saturated carbocycles. The van der Waals surface area contributed by atoms with E-state index in [1.165, 1.54) is 14.2 Å². The summed E-state index contributed by atoms with van der Waals surface area (Å²) in [5, 5.41) is 3.28. The third kappa shape index (κ3) is 7.86. The highest BCUT2D eigenvalue weighted by Crippen LogP contribution is 2.58. The molecule has 156 valence electrons. The van der Waals surface area contributed by atoms with Crippen molar-refractivity contribution >= 4 is 7.60 Å². The molecule has 0 saturated heterocycles. The van der Waals surface area contributed by atoms with Crippen LogP contribution in [0.25, 0.3) is 0 Å². The van der Waals surface area contributed by atoms with E-state index in [1.807, 2.05) is 54.6 Å². The second kappa shape index (κ2) is 14.4. The molecule has 0 spiro atoms. The smallest absolute Gasteiger partial charge is 0.351 e. The molecule has 0 heterocycles. The number of hydrogen-bond donors (Lipinski definition) is 1. The summed E-state index contributed by atoms with van der Waals surface area (Å²) in [7, 11) is 1.07. The first kappa shape index (κ1) is 30.1. The van der Waals surface area contributed by atoms with Gasteiger partial charge in [-0.15, -0.1) is 0 Å². The molecule has 0 fully saturated rings. The minimum atomic E-state index is -3.33. The minimum Gasteiger partial charge on any atom is -0.497 e. The molecule has 2 aromatic carbocycles. The SMILES string of the molecule is C.C.C.C.COc1ccc(C(NCc2ccccc2)P(=O)(OC)OC)cc1. The fourth-order valence-corrected chi connectivity index (χ4v) is 3.72. The molecule has 0 aliphatic rings. The van der Waals surface area contributed by atoms with Crippen LogP contribution in [0.4, 0.5) is 0 Å². The molecule has 27 heavy (non-hydrogen) atoms. The van der Waals surface area contributed by atoms with Crippen LogP contribution < -0.4 is 10.1 Å². The molecular weight excluding hydrogens is 361 g/mol. The highest BCUT2D eigenvalue weighted by molar-refractivity contribution is 7.54. The molecule has 0 bridgehead atoms. The number of rotatable bonds is 8. The van der Waals surface area contributed by atoms with Gasteiger partial charge in [0.15, 0.2) is 0 Å². The van der Waals surface area contributed by atoms with E-state index >= 15 is 0 Å². The molecule has 2 aromatic rings. The van der Waals surface area contributed by atoms with Crippen molar-refractivity contribution in [2.24, 2.45) is 0 Å². The van der Waals surface area contributed by atoms with Crippen LogP contribution in [0.3, 0.4) is 0 Å². The lowest BCUT2D eigenvalue weighted by molar-refractivity contribution is 0.259. The Balaban J connectivity index is -0.00000144. The van der Waals surface area contributed by atoms with Crippen molar-refractivity contribution in [3.05, 3.63) is 65.7 Å². The Kier molecular flexibility index (Phi) is 16.1. The molecule has 1 atom stereocenters. The molecule has 0 aromatic heterocycles. The van der Waals surface area contributed by atoms with Gasteiger partial charge in [0.2, 0.25) is 0 Å². The first-order valence-corrected chi connectivity index (χ1v) is 8.86. The van der Waals surface area contributed by atoms with Crippen LogP contribution in [0.2, 0.25) is 0 Å². The Morgan fingerprint density at radius 2 is 1.37 bits per heavy atom. The van der Waals surface area contributed by atoms with Crippen molar-refractivity contribution in [1.29, 1.82) is 0 Å². The summed E-state index contributed by atoms with van der Waals surface area (Å²) in [6.45, 7) is 0.550. The van der Waals surface area contributed by atoms with Crippen molar-refractivity contribution in [2.45, 2.75) is 42.0 Å². The van der Waals surface area contributed by atoms with E-state index in [0.717, 1.165) is 16.9 Å². The summed E-state index contributed by atoms with van der Waals surface area (Å²) < 4.78 is 28.4. The third-order valence-corrected chi connectivity index (χ3v) is 5.73. The molecule has 0 aliphatic heterocycles. The number of benzene rings is 2. The largest absolute Gasteiger partial charge is 0.497 e. The van der Waals surface area contributed by atoms with E-state index in [-0.39, 0.29) is 29.7 Å². The maximum Gasteiger partial charge on any atom is 0.351 e. The van der Waals surface area contributed by atoms with Crippen molar-refractivity contribution in [3.63, 3.8) is 0 Å². The van der Waals surface area contributed by atoms with Crippen molar-refractivity contribution < 1.29 is 18.3 Å². The van der Waals surface area contributed by atoms with E-state index in [0.29, 0.717) is 6.54 Å². The fourth-order valence-electron chi connectivity index (χ4n) is 2.29. The van der Waals surface area contributed by atoms with E-state index < -0.39 is 13.4 Å². The summed E-state index contributed by atoms with van der Waals surface area (Å²) >= 11 is 0. The predicted molar refractivity (Wildman–Crippen MR) is 118 cm³/mol. The molecule has 0 aliphatic carbocycles. The number of methoxy groups -OCH3 is 1. The van der Waals surface area contributed by atoms with Gasteiger partial charge in [0.05, 0.1) is 7.11 Å². The van der Waals surface area contributed by atoms with E-state index in [2.05, 4.69) is 5.32 Å². The monoisotopic (exact) mass is 399 g/mol. The van der Waals surface area contributed by atoms with Gasteiger partial charge in [0.25, 0.3) is 0 Å². The van der Waals surface area contributed by atoms with Gasteiger partial charge in [-0.2, -0.15) is 0 Å². The van der Waals surface area contributed by atoms with Gasteiger partial charge in [0.1, 0.15) is 11.5 Å². The van der Waals surface area contributed by atoms with Crippen LogP contribution in [0.5, 0.6) is 5.75 Å². The van der Waals surface area contributed by atoms with Crippen molar-refractivity contribution in [2.75, 3.05) is 21.3 Å². The van der Waals surface area contributed by atoms with E-state index in [1.54, 1.807) is 7.11 Å². The lowest BCUT2D eigenvalue weighted by Crippen LogP contribution is -2.22. The van der Waals surface area contributed by atoms with Crippen LogP contribution in [-0.4, -0.2) is 21.3 Å². The average Bonchev–Trinajstić information content (AvgIpc) is 2.63. The van der Waals surface area contributed by atoms with Gasteiger partial charge in [-0.05, 0) is 23.3 Å². The lowest BCUT2D eigenvalue weighted by Gasteiger charge is -2.26. The average molecular weight is 400 g/mol. The zero-order valence-corrected chi connectivity index (χ0v) is 14.5. The standard InChI is InChI=1S/C17H22NO4P.4CH4/c1-20-16-11-9-15(10-12-16)17(23(19,21-2)22-3)18-13-14-7-5-4-6-8-14;;;;/h4-12,17-18H,13H2,1-3H3;4*1H4. The summed E-state index contributed by atoms with van der Waals surface area (Å²) in [5.41, 5.74) is 1.90. The molecule has 2 rings (SSSR count). The van der Waals surface area contributed by atoms with Crippen LogP contribution >= 0.6 is 7.60 Å². The molecular formula is C21H38NO4P. The summed E-state index contributed by atoms with van der Waals surface area (Å²) in [6, 6.07) is 17.2. The Morgan fingerprint density at radius 1 is 0.852 bits per heavy atom. The summed E-state index contributed by atoms with van der Waals surface area (Å²) in [5.74, 6) is 0.170. The maximum atomic E-state index is 12.9. The number of hydrogen-bond acceptors (Lipinski definition) is 5. The first-order chi connectivity index (χ1) is 11.1. The van der Waals surface area contributed by atoms with Crippen LogP contribution in [0, 0.1) is 0 Å². The maximum absolute atomic E-state index is 12.9. The van der Waals surface area contributed by atoms with Gasteiger partial charge >= 0.3 is 7.60 Å². The quantitative estimate of drug-likeness (QED) is 0.513. The van der Waals surface area contributed by atoms with Crippen LogP contribution in [-0.2, 0) is 20.2 Å². The van der Waals surface area contributed by atoms with Gasteiger partial charge in [-0.25, -0.2) is 0 Å². The Bertz CT molecular complexity index is 639. The Labute approximate surface area is 166 Å². The molecule has 0 radical (unpaired) electrons. The van der Waals surface area contributed by atoms with Gasteiger partial charge in [-0.3, -0.25) is 9.88 Å². The molecule has 0 amide bonds. The Hall–Kier alpha value is -1.65. The fraction of sp³-hybridized carbons (Fsp3) is 0.429. The zero-order chi connectivity index (χ0) is 16.7. The second-order valence-electron chi connectivity index (χ2n) is 4.95. The highest BCUT2D eigenvalue weighted by Gasteiger charge is 2.35. The topological polar surface area (TPSA) is 56.8 Å². The summed E-state index contributed by atoms with van der Waals surface area (Å²) in [4.78, 5) is 0.